The minimum absolute atomic E-state index is 0.238. The van der Waals surface area contributed by atoms with Crippen LogP contribution in [0.1, 0.15) is 27.6 Å². The van der Waals surface area contributed by atoms with Gasteiger partial charge in [-0.3, -0.25) is 4.79 Å². The van der Waals surface area contributed by atoms with Crippen LogP contribution in [0.15, 0.2) is 77.8 Å². The van der Waals surface area contributed by atoms with Crippen LogP contribution >= 0.6 is 11.3 Å². The summed E-state index contributed by atoms with van der Waals surface area (Å²) >= 11 is 1.28. The molecule has 164 valence electrons. The summed E-state index contributed by atoms with van der Waals surface area (Å²) in [5, 5.41) is 0. The van der Waals surface area contributed by atoms with Gasteiger partial charge in [-0.25, -0.2) is 4.79 Å². The van der Waals surface area contributed by atoms with Gasteiger partial charge in [0.1, 0.15) is 11.5 Å². The molecule has 6 nitrogen and oxygen atoms in total. The Bertz CT molecular complexity index is 1430. The number of fused-ring (bicyclic) bond motifs is 1. The number of esters is 1. The maximum atomic E-state index is 13.0. The molecule has 0 spiro atoms. The molecule has 1 heterocycles. The number of nitrogens with zero attached hydrogens (tertiary/aromatic N) is 2. The Morgan fingerprint density at radius 3 is 2.55 bits per heavy atom. The number of amides is 1. The lowest BCUT2D eigenvalue weighted by Crippen LogP contribution is -2.16. The molecule has 3 aromatic carbocycles. The zero-order chi connectivity index (χ0) is 23.2. The first-order chi connectivity index (χ1) is 16.1. The van der Waals surface area contributed by atoms with Crippen LogP contribution in [0.2, 0.25) is 0 Å². The Kier molecular flexibility index (Phi) is 6.67. The lowest BCUT2D eigenvalue weighted by atomic mass is 10.2. The van der Waals surface area contributed by atoms with Crippen molar-refractivity contribution < 1.29 is 19.1 Å². The van der Waals surface area contributed by atoms with E-state index in [9.17, 15) is 9.59 Å². The third-order valence-corrected chi connectivity index (χ3v) is 5.74. The van der Waals surface area contributed by atoms with Crippen molar-refractivity contribution in [3.05, 3.63) is 88.7 Å². The molecule has 0 saturated carbocycles. The van der Waals surface area contributed by atoms with Gasteiger partial charge >= 0.3 is 5.97 Å². The summed E-state index contributed by atoms with van der Waals surface area (Å²) in [7, 11) is 0. The molecule has 1 aromatic heterocycles. The molecule has 0 bridgehead atoms. The number of hydrogen-bond donors (Lipinski definition) is 0. The summed E-state index contributed by atoms with van der Waals surface area (Å²) in [5.41, 5.74) is 1.61. The van der Waals surface area contributed by atoms with Crippen molar-refractivity contribution in [3.8, 4) is 23.8 Å². The Morgan fingerprint density at radius 1 is 1.00 bits per heavy atom. The molecule has 0 N–H and O–H groups in total. The van der Waals surface area contributed by atoms with Gasteiger partial charge in [0.2, 0.25) is 0 Å². The number of benzene rings is 3. The second-order valence-electron chi connectivity index (χ2n) is 6.94. The van der Waals surface area contributed by atoms with Crippen molar-refractivity contribution in [3.63, 3.8) is 0 Å². The van der Waals surface area contributed by atoms with E-state index >= 15 is 0 Å². The van der Waals surface area contributed by atoms with Crippen LogP contribution < -0.4 is 9.54 Å². The number of terminal acetylenes is 1. The third kappa shape index (κ3) is 5.03. The van der Waals surface area contributed by atoms with Gasteiger partial charge in [-0.15, -0.1) is 6.42 Å². The predicted molar refractivity (Wildman–Crippen MR) is 127 cm³/mol. The Morgan fingerprint density at radius 2 is 1.79 bits per heavy atom. The van der Waals surface area contributed by atoms with Crippen molar-refractivity contribution in [2.75, 3.05) is 6.61 Å². The molecule has 0 aliphatic carbocycles. The fraction of sp³-hybridized carbons (Fsp3) is 0.115. The van der Waals surface area contributed by atoms with Crippen molar-refractivity contribution in [1.82, 2.24) is 4.57 Å². The maximum Gasteiger partial charge on any atom is 0.338 e. The normalized spacial score (nSPS) is 11.2. The average molecular weight is 457 g/mol. The van der Waals surface area contributed by atoms with E-state index in [1.807, 2.05) is 30.3 Å². The van der Waals surface area contributed by atoms with E-state index < -0.39 is 11.9 Å². The Balaban J connectivity index is 1.69. The Labute approximate surface area is 194 Å². The zero-order valence-corrected chi connectivity index (χ0v) is 18.7. The largest absolute Gasteiger partial charge is 0.462 e. The fourth-order valence-corrected chi connectivity index (χ4v) is 4.28. The highest BCUT2D eigenvalue weighted by Gasteiger charge is 2.13. The molecule has 0 unspecified atom stereocenters. The topological polar surface area (TPSA) is 69.9 Å². The van der Waals surface area contributed by atoms with Crippen LogP contribution in [0.25, 0.3) is 10.2 Å². The summed E-state index contributed by atoms with van der Waals surface area (Å²) in [6.07, 6.45) is 5.55. The van der Waals surface area contributed by atoms with Crippen LogP contribution in [0, 0.1) is 12.3 Å². The molecular weight excluding hydrogens is 436 g/mol. The van der Waals surface area contributed by atoms with Crippen LogP contribution in [-0.4, -0.2) is 23.1 Å². The highest BCUT2D eigenvalue weighted by molar-refractivity contribution is 7.16. The first-order valence-corrected chi connectivity index (χ1v) is 11.1. The van der Waals surface area contributed by atoms with Gasteiger partial charge in [-0.05, 0) is 55.5 Å². The number of aromatic nitrogens is 1. The number of hydrogen-bond acceptors (Lipinski definition) is 5. The fourth-order valence-electron chi connectivity index (χ4n) is 3.21. The second-order valence-corrected chi connectivity index (χ2v) is 7.95. The predicted octanol–water partition coefficient (Wildman–Crippen LogP) is 5.05. The average Bonchev–Trinajstić information content (AvgIpc) is 3.16. The first-order valence-electron chi connectivity index (χ1n) is 10.2. The number of carbonyl (C=O) groups excluding carboxylic acids is 2. The number of rotatable bonds is 6. The van der Waals surface area contributed by atoms with Crippen molar-refractivity contribution >= 4 is 33.4 Å². The molecule has 33 heavy (non-hydrogen) atoms. The van der Waals surface area contributed by atoms with E-state index in [1.54, 1.807) is 54.0 Å². The summed E-state index contributed by atoms with van der Waals surface area (Å²) < 4.78 is 13.4. The lowest BCUT2D eigenvalue weighted by Gasteiger charge is -2.06. The molecule has 4 rings (SSSR count). The van der Waals surface area contributed by atoms with Crippen LogP contribution in [0.4, 0.5) is 0 Å². The first kappa shape index (κ1) is 22.1. The second kappa shape index (κ2) is 9.98. The number of thiazole rings is 1. The minimum Gasteiger partial charge on any atom is -0.462 e. The maximum absolute atomic E-state index is 13.0. The highest BCUT2D eigenvalue weighted by atomic mass is 32.1. The third-order valence-electron chi connectivity index (χ3n) is 4.70. The van der Waals surface area contributed by atoms with Crippen molar-refractivity contribution in [1.29, 1.82) is 0 Å². The van der Waals surface area contributed by atoms with Gasteiger partial charge in [0, 0.05) is 5.56 Å². The SMILES string of the molecule is C#CCn1c(=NC(=O)c2cccc(Oc3ccccc3)c2)sc2cc(C(=O)OCC)ccc21. The van der Waals surface area contributed by atoms with E-state index in [2.05, 4.69) is 10.9 Å². The van der Waals surface area contributed by atoms with Crippen LogP contribution in [0.5, 0.6) is 11.5 Å². The van der Waals surface area contributed by atoms with Gasteiger partial charge in [-0.1, -0.05) is 41.5 Å². The smallest absolute Gasteiger partial charge is 0.338 e. The molecular formula is C26H20N2O4S. The Hall–Kier alpha value is -4.15. The van der Waals surface area contributed by atoms with Gasteiger partial charge in [0.15, 0.2) is 4.80 Å². The van der Waals surface area contributed by atoms with Gasteiger partial charge in [0.05, 0.1) is 28.9 Å². The van der Waals surface area contributed by atoms with Gasteiger partial charge in [-0.2, -0.15) is 4.99 Å². The van der Waals surface area contributed by atoms with Crippen LogP contribution in [-0.2, 0) is 11.3 Å². The van der Waals surface area contributed by atoms with Gasteiger partial charge in [0.25, 0.3) is 5.91 Å². The van der Waals surface area contributed by atoms with E-state index in [4.69, 9.17) is 15.9 Å². The quantitative estimate of drug-likeness (QED) is 0.301. The van der Waals surface area contributed by atoms with Crippen molar-refractivity contribution in [2.24, 2.45) is 4.99 Å². The van der Waals surface area contributed by atoms with E-state index in [0.29, 0.717) is 34.0 Å². The monoisotopic (exact) mass is 456 g/mol. The number of para-hydroxylation sites is 1. The van der Waals surface area contributed by atoms with Crippen LogP contribution in [0.3, 0.4) is 0 Å². The zero-order valence-electron chi connectivity index (χ0n) is 17.9. The molecule has 0 atom stereocenters. The van der Waals surface area contributed by atoms with E-state index in [1.165, 1.54) is 11.3 Å². The van der Waals surface area contributed by atoms with E-state index in [-0.39, 0.29) is 6.54 Å². The molecule has 0 saturated heterocycles. The van der Waals surface area contributed by atoms with Crippen molar-refractivity contribution in [2.45, 2.75) is 13.5 Å². The molecule has 0 radical (unpaired) electrons. The molecule has 1 amide bonds. The minimum atomic E-state index is -0.420. The summed E-state index contributed by atoms with van der Waals surface area (Å²) in [6.45, 7) is 2.29. The summed E-state index contributed by atoms with van der Waals surface area (Å²) in [4.78, 5) is 29.8. The molecule has 0 aliphatic rings. The van der Waals surface area contributed by atoms with Gasteiger partial charge < -0.3 is 14.0 Å². The molecule has 0 fully saturated rings. The molecule has 4 aromatic rings. The molecule has 7 heteroatoms. The highest BCUT2D eigenvalue weighted by Crippen LogP contribution is 2.23. The van der Waals surface area contributed by atoms with E-state index in [0.717, 1.165) is 10.2 Å². The number of carbonyl (C=O) groups is 2. The lowest BCUT2D eigenvalue weighted by molar-refractivity contribution is 0.0526. The summed E-state index contributed by atoms with van der Waals surface area (Å²) in [5.74, 6) is 2.98. The molecule has 0 aliphatic heterocycles. The standard InChI is InChI=1S/C26H20N2O4S/c1-3-15-28-22-14-13-19(25(30)31-4-2)17-23(22)33-26(28)27-24(29)18-9-8-12-21(16-18)32-20-10-6-5-7-11-20/h1,5-14,16-17H,4,15H2,2H3. The number of ether oxygens (including phenoxy) is 2. The summed E-state index contributed by atoms with van der Waals surface area (Å²) in [6, 6.07) is 21.4.